The zero-order chi connectivity index (χ0) is 24.8. The zero-order valence-electron chi connectivity index (χ0n) is 19.2. The van der Waals surface area contributed by atoms with Crippen LogP contribution in [0.5, 0.6) is 0 Å². The Morgan fingerprint density at radius 1 is 1.03 bits per heavy atom. The van der Waals surface area contributed by atoms with Crippen molar-refractivity contribution in [3.8, 4) is 11.1 Å². The molecule has 3 amide bonds. The number of halogens is 3. The van der Waals surface area contributed by atoms with Crippen LogP contribution in [0, 0.1) is 5.41 Å². The first-order valence-electron chi connectivity index (χ1n) is 11.0. The van der Waals surface area contributed by atoms with Gasteiger partial charge in [-0.2, -0.15) is 13.2 Å². The summed E-state index contributed by atoms with van der Waals surface area (Å²) in [4.78, 5) is 42.1. The largest absolute Gasteiger partial charge is 0.416 e. The lowest BCUT2D eigenvalue weighted by atomic mass is 9.91. The maximum absolute atomic E-state index is 13.4. The number of amides is 3. The summed E-state index contributed by atoms with van der Waals surface area (Å²) in [5.41, 5.74) is 0.273. The number of nitrogens with zero attached hydrogens (tertiary/aromatic N) is 2. The van der Waals surface area contributed by atoms with Gasteiger partial charge < -0.3 is 15.1 Å². The van der Waals surface area contributed by atoms with Crippen LogP contribution >= 0.6 is 0 Å². The van der Waals surface area contributed by atoms with Crippen LogP contribution in [0.4, 0.5) is 18.9 Å². The van der Waals surface area contributed by atoms with Crippen LogP contribution in [0.3, 0.4) is 0 Å². The summed E-state index contributed by atoms with van der Waals surface area (Å²) in [5, 5.41) is 2.75. The minimum absolute atomic E-state index is 0.0685. The molecule has 0 saturated carbocycles. The molecule has 1 fully saturated rings. The molecule has 2 aromatic carbocycles. The van der Waals surface area contributed by atoms with Crippen LogP contribution in [0.2, 0.25) is 0 Å². The van der Waals surface area contributed by atoms with Gasteiger partial charge in [-0.3, -0.25) is 14.4 Å². The molecule has 1 N–H and O–H groups in total. The van der Waals surface area contributed by atoms with E-state index in [9.17, 15) is 27.6 Å². The number of hydrogen-bond donors (Lipinski definition) is 1. The highest BCUT2D eigenvalue weighted by Gasteiger charge is 2.41. The molecule has 6 nitrogen and oxygen atoms in total. The van der Waals surface area contributed by atoms with E-state index in [2.05, 4.69) is 5.32 Å². The Hall–Kier alpha value is -3.36. The van der Waals surface area contributed by atoms with Crippen LogP contribution in [-0.4, -0.2) is 53.2 Å². The number of fused-ring (bicyclic) bond motifs is 2. The molecule has 1 unspecified atom stereocenters. The maximum Gasteiger partial charge on any atom is 0.416 e. The van der Waals surface area contributed by atoms with E-state index in [0.29, 0.717) is 29.8 Å². The molecule has 9 heteroatoms. The van der Waals surface area contributed by atoms with Gasteiger partial charge >= 0.3 is 6.18 Å². The maximum atomic E-state index is 13.4. The minimum atomic E-state index is -4.48. The van der Waals surface area contributed by atoms with Gasteiger partial charge in [-0.1, -0.05) is 39.0 Å². The monoisotopic (exact) mass is 473 g/mol. The van der Waals surface area contributed by atoms with Gasteiger partial charge in [0.25, 0.3) is 5.91 Å². The number of nitrogens with one attached hydrogen (secondary N) is 1. The van der Waals surface area contributed by atoms with E-state index in [4.69, 9.17) is 0 Å². The summed E-state index contributed by atoms with van der Waals surface area (Å²) in [6.07, 6.45) is -4.15. The molecule has 0 spiro atoms. The third-order valence-corrected chi connectivity index (χ3v) is 6.01. The summed E-state index contributed by atoms with van der Waals surface area (Å²) in [6.45, 7) is 6.49. The molecule has 0 radical (unpaired) electrons. The Bertz CT molecular complexity index is 1150. The molecule has 180 valence electrons. The first kappa shape index (κ1) is 23.8. The van der Waals surface area contributed by atoms with Crippen molar-refractivity contribution >= 4 is 23.4 Å². The molecule has 1 saturated heterocycles. The lowest BCUT2D eigenvalue weighted by molar-refractivity contribution is -0.138. The van der Waals surface area contributed by atoms with E-state index in [-0.39, 0.29) is 30.0 Å². The van der Waals surface area contributed by atoms with E-state index in [0.717, 1.165) is 12.1 Å². The number of hydrogen-bond acceptors (Lipinski definition) is 3. The third kappa shape index (κ3) is 4.78. The number of carbonyl (C=O) groups excluding carboxylic acids is 3. The Labute approximate surface area is 195 Å². The lowest BCUT2D eigenvalue weighted by Crippen LogP contribution is -2.59. The molecular weight excluding hydrogens is 447 g/mol. The van der Waals surface area contributed by atoms with Crippen molar-refractivity contribution in [1.82, 2.24) is 9.80 Å². The van der Waals surface area contributed by atoms with E-state index in [1.165, 1.54) is 23.1 Å². The highest BCUT2D eigenvalue weighted by atomic mass is 19.4. The molecule has 2 aromatic rings. The van der Waals surface area contributed by atoms with E-state index < -0.39 is 29.6 Å². The number of rotatable bonds is 2. The third-order valence-electron chi connectivity index (χ3n) is 6.01. The molecule has 0 aromatic heterocycles. The quantitative estimate of drug-likeness (QED) is 0.703. The Morgan fingerprint density at radius 3 is 2.41 bits per heavy atom. The van der Waals surface area contributed by atoms with Crippen LogP contribution in [-0.2, 0) is 15.8 Å². The van der Waals surface area contributed by atoms with Crippen molar-refractivity contribution in [2.75, 3.05) is 25.0 Å². The predicted molar refractivity (Wildman–Crippen MR) is 121 cm³/mol. The van der Waals surface area contributed by atoms with Gasteiger partial charge in [0.1, 0.15) is 6.04 Å². The van der Waals surface area contributed by atoms with Gasteiger partial charge in [0.15, 0.2) is 0 Å². The van der Waals surface area contributed by atoms with Crippen molar-refractivity contribution in [3.63, 3.8) is 0 Å². The topological polar surface area (TPSA) is 69.7 Å². The van der Waals surface area contributed by atoms with Gasteiger partial charge in [-0.25, -0.2) is 0 Å². The normalized spacial score (nSPS) is 18.7. The zero-order valence-corrected chi connectivity index (χ0v) is 19.2. The fraction of sp³-hybridized carbons (Fsp3) is 0.400. The molecule has 0 aliphatic carbocycles. The van der Waals surface area contributed by atoms with E-state index in [1.54, 1.807) is 17.0 Å². The standard InChI is InChI=1S/C25H26F3N3O3/c1-24(2,3)13-21(32)30-9-10-31-20(14-30)22(33)29-19-8-7-16(12-18(19)23(31)34)15-5-4-6-17(11-15)25(26,27)28/h4-8,11-12,20H,9-10,13-14H2,1-3H3,(H,29,33). The smallest absolute Gasteiger partial charge is 0.338 e. The summed E-state index contributed by atoms with van der Waals surface area (Å²) < 4.78 is 39.4. The Morgan fingerprint density at radius 2 is 1.74 bits per heavy atom. The highest BCUT2D eigenvalue weighted by molar-refractivity contribution is 6.10. The summed E-state index contributed by atoms with van der Waals surface area (Å²) >= 11 is 0. The number of alkyl halides is 3. The molecule has 2 aliphatic rings. The molecule has 34 heavy (non-hydrogen) atoms. The van der Waals surface area contributed by atoms with Gasteiger partial charge in [-0.05, 0) is 40.8 Å². The number of anilines is 1. The van der Waals surface area contributed by atoms with Crippen molar-refractivity contribution in [3.05, 3.63) is 53.6 Å². The molecule has 4 rings (SSSR count). The summed E-state index contributed by atoms with van der Waals surface area (Å²) in [6, 6.07) is 8.65. The summed E-state index contributed by atoms with van der Waals surface area (Å²) in [5.74, 6) is -0.858. The van der Waals surface area contributed by atoms with Gasteiger partial charge in [0.2, 0.25) is 11.8 Å². The Balaban J connectivity index is 1.62. The van der Waals surface area contributed by atoms with Crippen molar-refractivity contribution < 1.29 is 27.6 Å². The van der Waals surface area contributed by atoms with Crippen LogP contribution in [0.1, 0.15) is 43.1 Å². The first-order valence-corrected chi connectivity index (χ1v) is 11.0. The second-order valence-corrected chi connectivity index (χ2v) is 9.92. The Kier molecular flexibility index (Phi) is 5.91. The minimum Gasteiger partial charge on any atom is -0.338 e. The van der Waals surface area contributed by atoms with Crippen molar-refractivity contribution in [1.29, 1.82) is 0 Å². The molecule has 2 heterocycles. The van der Waals surface area contributed by atoms with Gasteiger partial charge in [0, 0.05) is 19.5 Å². The first-order chi connectivity index (χ1) is 15.8. The molecule has 2 aliphatic heterocycles. The van der Waals surface area contributed by atoms with Crippen LogP contribution in [0.25, 0.3) is 11.1 Å². The van der Waals surface area contributed by atoms with E-state index >= 15 is 0 Å². The van der Waals surface area contributed by atoms with Crippen molar-refractivity contribution in [2.24, 2.45) is 5.41 Å². The number of carbonyl (C=O) groups is 3. The van der Waals surface area contributed by atoms with Crippen molar-refractivity contribution in [2.45, 2.75) is 39.4 Å². The van der Waals surface area contributed by atoms with E-state index in [1.807, 2.05) is 20.8 Å². The van der Waals surface area contributed by atoms with Gasteiger partial charge in [0.05, 0.1) is 23.4 Å². The average molecular weight is 473 g/mol. The second-order valence-electron chi connectivity index (χ2n) is 9.92. The fourth-order valence-electron chi connectivity index (χ4n) is 4.30. The molecule has 0 bridgehead atoms. The van der Waals surface area contributed by atoms with Crippen LogP contribution in [0.15, 0.2) is 42.5 Å². The number of benzene rings is 2. The van der Waals surface area contributed by atoms with Crippen LogP contribution < -0.4 is 5.32 Å². The molecule has 1 atom stereocenters. The van der Waals surface area contributed by atoms with Gasteiger partial charge in [-0.15, -0.1) is 0 Å². The summed E-state index contributed by atoms with van der Waals surface area (Å²) in [7, 11) is 0. The SMILES string of the molecule is CC(C)(C)CC(=O)N1CCN2C(=O)c3cc(-c4cccc(C(F)(F)F)c4)ccc3NC(=O)C2C1. The number of piperazine rings is 1. The average Bonchev–Trinajstić information content (AvgIpc) is 2.86. The second kappa shape index (κ2) is 8.45. The highest BCUT2D eigenvalue weighted by Crippen LogP contribution is 2.34. The molecular formula is C25H26F3N3O3. The lowest BCUT2D eigenvalue weighted by Gasteiger charge is -2.40. The fourth-order valence-corrected chi connectivity index (χ4v) is 4.30. The predicted octanol–water partition coefficient (Wildman–Crippen LogP) is 4.41.